The van der Waals surface area contributed by atoms with Crippen molar-refractivity contribution in [3.63, 3.8) is 0 Å². The normalized spacial score (nSPS) is 11.7. The highest BCUT2D eigenvalue weighted by atomic mass is 32.1. The molecule has 0 saturated heterocycles. The number of carbonyl (C=O) groups is 4. The fourth-order valence-corrected chi connectivity index (χ4v) is 2.13. The maximum Gasteiger partial charge on any atom is 0.322 e. The summed E-state index contributed by atoms with van der Waals surface area (Å²) in [7, 11) is 0. The molecule has 16 heteroatoms. The zero-order valence-corrected chi connectivity index (χ0v) is 17.3. The molecule has 15 nitrogen and oxygen atoms in total. The number of nitro benzene ring substituents is 2. The molecule has 0 bridgehead atoms. The molecule has 0 saturated carbocycles. The zero-order chi connectivity index (χ0) is 24.8. The number of hydrogen-bond donors (Lipinski definition) is 6. The van der Waals surface area contributed by atoms with Gasteiger partial charge in [0.15, 0.2) is 0 Å². The number of benzene rings is 1. The molecule has 0 unspecified atom stereocenters. The van der Waals surface area contributed by atoms with Crippen LogP contribution in [0.1, 0.15) is 12.8 Å². The van der Waals surface area contributed by atoms with Gasteiger partial charge in [-0.1, -0.05) is 0 Å². The van der Waals surface area contributed by atoms with Gasteiger partial charge in [0.2, 0.25) is 11.8 Å². The molecule has 0 aliphatic carbocycles. The molecule has 0 fully saturated rings. The Morgan fingerprint density at radius 2 is 1.62 bits per heavy atom. The van der Waals surface area contributed by atoms with Crippen LogP contribution in [0.25, 0.3) is 0 Å². The lowest BCUT2D eigenvalue weighted by Gasteiger charge is -2.16. The summed E-state index contributed by atoms with van der Waals surface area (Å²) in [5.41, 5.74) is 4.68. The zero-order valence-electron chi connectivity index (χ0n) is 16.4. The summed E-state index contributed by atoms with van der Waals surface area (Å²) < 4.78 is 0. The van der Waals surface area contributed by atoms with Gasteiger partial charge in [-0.3, -0.25) is 39.4 Å². The Kier molecular flexibility index (Phi) is 12.6. The predicted octanol–water partition coefficient (Wildman–Crippen LogP) is -0.703. The van der Waals surface area contributed by atoms with Crippen molar-refractivity contribution in [1.82, 2.24) is 10.6 Å². The van der Waals surface area contributed by atoms with Crippen molar-refractivity contribution in [2.75, 3.05) is 12.3 Å². The lowest BCUT2D eigenvalue weighted by atomic mass is 10.1. The van der Waals surface area contributed by atoms with Gasteiger partial charge in [-0.2, -0.15) is 12.6 Å². The van der Waals surface area contributed by atoms with Crippen molar-refractivity contribution in [2.24, 2.45) is 5.73 Å². The molecule has 176 valence electrons. The molecule has 1 aromatic rings. The van der Waals surface area contributed by atoms with Crippen LogP contribution < -0.4 is 16.4 Å². The summed E-state index contributed by atoms with van der Waals surface area (Å²) in [4.78, 5) is 62.7. The van der Waals surface area contributed by atoms with E-state index in [9.17, 15) is 39.4 Å². The maximum absolute atomic E-state index is 11.5. The molecule has 1 rings (SSSR count). The van der Waals surface area contributed by atoms with E-state index in [1.165, 1.54) is 18.2 Å². The Labute approximate surface area is 185 Å². The maximum atomic E-state index is 11.5. The molecule has 2 atom stereocenters. The highest BCUT2D eigenvalue weighted by molar-refractivity contribution is 7.80. The van der Waals surface area contributed by atoms with Crippen molar-refractivity contribution in [2.45, 2.75) is 24.9 Å². The topological polar surface area (TPSA) is 245 Å². The van der Waals surface area contributed by atoms with Crippen LogP contribution >= 0.6 is 12.6 Å². The molecular formula is C16H21N5O10S. The van der Waals surface area contributed by atoms with Crippen LogP contribution in [0, 0.1) is 20.2 Å². The largest absolute Gasteiger partial charge is 0.480 e. The van der Waals surface area contributed by atoms with E-state index in [1.54, 1.807) is 0 Å². The van der Waals surface area contributed by atoms with Crippen molar-refractivity contribution in [3.05, 3.63) is 44.5 Å². The molecule has 0 aromatic heterocycles. The van der Waals surface area contributed by atoms with Gasteiger partial charge in [0, 0.05) is 24.3 Å². The van der Waals surface area contributed by atoms with Gasteiger partial charge in [-0.25, -0.2) is 0 Å². The van der Waals surface area contributed by atoms with E-state index in [0.717, 1.165) is 6.07 Å². The number of thiol groups is 1. The fraction of sp³-hybridized carbons (Fsp3) is 0.375. The number of nitrogens with one attached hydrogen (secondary N) is 2. The minimum Gasteiger partial charge on any atom is -0.480 e. The Balaban J connectivity index is 0.000000677. The van der Waals surface area contributed by atoms with Gasteiger partial charge in [0.05, 0.1) is 15.9 Å². The van der Waals surface area contributed by atoms with Crippen molar-refractivity contribution in [1.29, 1.82) is 0 Å². The van der Waals surface area contributed by atoms with E-state index in [1.807, 2.05) is 0 Å². The number of amides is 2. The summed E-state index contributed by atoms with van der Waals surface area (Å²) in [6.07, 6.45) is -0.235. The van der Waals surface area contributed by atoms with E-state index < -0.39 is 52.2 Å². The van der Waals surface area contributed by atoms with E-state index in [0.29, 0.717) is 0 Å². The van der Waals surface area contributed by atoms with Crippen LogP contribution in [0.2, 0.25) is 0 Å². The fourth-order valence-electron chi connectivity index (χ4n) is 1.88. The first kappa shape index (κ1) is 28.2. The Hall–Kier alpha value is -3.79. The number of nitrogens with two attached hydrogens (primary N) is 1. The quantitative estimate of drug-likeness (QED) is 0.133. The number of rotatable bonds is 11. The van der Waals surface area contributed by atoms with E-state index in [2.05, 4.69) is 23.3 Å². The average molecular weight is 475 g/mol. The third-order valence-corrected chi connectivity index (χ3v) is 3.86. The summed E-state index contributed by atoms with van der Waals surface area (Å²) in [5.74, 6) is -3.70. The number of aliphatic carboxylic acids is 2. The highest BCUT2D eigenvalue weighted by Gasteiger charge is 2.21. The second kappa shape index (κ2) is 14.3. The monoisotopic (exact) mass is 475 g/mol. The molecule has 2 amide bonds. The second-order valence-corrected chi connectivity index (χ2v) is 6.30. The molecule has 0 spiro atoms. The third kappa shape index (κ3) is 11.4. The number of carboxylic acid groups (broad SMARTS) is 2. The average Bonchev–Trinajstić information content (AvgIpc) is 2.74. The van der Waals surface area contributed by atoms with Crippen LogP contribution in [0.3, 0.4) is 0 Å². The summed E-state index contributed by atoms with van der Waals surface area (Å²) in [5, 5.41) is 41.7. The lowest BCUT2D eigenvalue weighted by Crippen LogP contribution is -2.49. The smallest absolute Gasteiger partial charge is 0.322 e. The number of nitro groups is 2. The van der Waals surface area contributed by atoms with Crippen LogP contribution in [-0.4, -0.2) is 68.2 Å². The number of hydrogen-bond acceptors (Lipinski definition) is 10. The van der Waals surface area contributed by atoms with Gasteiger partial charge in [-0.15, -0.1) is 0 Å². The van der Waals surface area contributed by atoms with Crippen LogP contribution in [0.5, 0.6) is 0 Å². The molecule has 0 radical (unpaired) electrons. The van der Waals surface area contributed by atoms with Gasteiger partial charge in [-0.05, 0) is 12.5 Å². The minimum atomic E-state index is -1.22. The van der Waals surface area contributed by atoms with Gasteiger partial charge >= 0.3 is 11.9 Å². The Morgan fingerprint density at radius 1 is 1.09 bits per heavy atom. The first-order chi connectivity index (χ1) is 14.9. The standard InChI is InChI=1S/C10H17N3O6S.C6H4N2O4/c11-5(10(18)19)1-2-7(14)13-6(4-20)9(17)12-3-8(15)16;9-7(10)5-2-1-3-6(4-5)8(11)12/h5-6,20H,1-4,11H2,(H,12,17)(H,13,14)(H,15,16)(H,18,19);1-4H/t5-,6-;/m0./s1. The molecule has 0 aliphatic rings. The van der Waals surface area contributed by atoms with Crippen molar-refractivity contribution < 1.29 is 39.2 Å². The van der Waals surface area contributed by atoms with E-state index >= 15 is 0 Å². The first-order valence-electron chi connectivity index (χ1n) is 8.66. The minimum absolute atomic E-state index is 0.0256. The number of non-ortho nitro benzene ring substituents is 2. The van der Waals surface area contributed by atoms with Gasteiger partial charge in [0.25, 0.3) is 11.4 Å². The van der Waals surface area contributed by atoms with E-state index in [-0.39, 0.29) is 30.0 Å². The Morgan fingerprint density at radius 3 is 2.03 bits per heavy atom. The van der Waals surface area contributed by atoms with Crippen LogP contribution in [0.15, 0.2) is 24.3 Å². The van der Waals surface area contributed by atoms with Crippen LogP contribution in [-0.2, 0) is 19.2 Å². The molecule has 0 heterocycles. The summed E-state index contributed by atoms with van der Waals surface area (Å²) in [6.45, 7) is -0.567. The van der Waals surface area contributed by atoms with Crippen LogP contribution in [0.4, 0.5) is 11.4 Å². The number of carboxylic acids is 2. The highest BCUT2D eigenvalue weighted by Crippen LogP contribution is 2.18. The molecular weight excluding hydrogens is 454 g/mol. The molecule has 6 N–H and O–H groups in total. The Bertz CT molecular complexity index is 836. The number of carbonyl (C=O) groups excluding carboxylic acids is 2. The second-order valence-electron chi connectivity index (χ2n) is 5.93. The lowest BCUT2D eigenvalue weighted by molar-refractivity contribution is -0.394. The van der Waals surface area contributed by atoms with Crippen molar-refractivity contribution in [3.8, 4) is 0 Å². The summed E-state index contributed by atoms with van der Waals surface area (Å²) in [6, 6.07) is 2.44. The SMILES string of the molecule is N[C@@H](CCC(=O)N[C@@H](CS)C(=O)NCC(=O)O)C(=O)O.O=[N+]([O-])c1cccc([N+](=O)[O-])c1. The third-order valence-electron chi connectivity index (χ3n) is 3.50. The molecule has 32 heavy (non-hydrogen) atoms. The van der Waals surface area contributed by atoms with E-state index in [4.69, 9.17) is 15.9 Å². The van der Waals surface area contributed by atoms with Gasteiger partial charge in [0.1, 0.15) is 18.6 Å². The first-order valence-corrected chi connectivity index (χ1v) is 9.29. The summed E-state index contributed by atoms with van der Waals surface area (Å²) >= 11 is 3.87. The molecule has 1 aromatic carbocycles. The van der Waals surface area contributed by atoms with Gasteiger partial charge < -0.3 is 26.6 Å². The molecule has 0 aliphatic heterocycles. The number of nitrogens with zero attached hydrogens (tertiary/aromatic N) is 2. The predicted molar refractivity (Wildman–Crippen MR) is 111 cm³/mol. The van der Waals surface area contributed by atoms with Crippen molar-refractivity contribution >= 4 is 47.8 Å².